The second-order valence-electron chi connectivity index (χ2n) is 6.64. The molecule has 1 fully saturated rings. The molecule has 2 heterocycles. The van der Waals surface area contributed by atoms with Crippen LogP contribution in [0.15, 0.2) is 12.1 Å². The molecule has 1 atom stereocenters. The second-order valence-corrected chi connectivity index (χ2v) is 6.64. The van der Waals surface area contributed by atoms with Crippen molar-refractivity contribution in [2.45, 2.75) is 26.4 Å². The molecule has 0 unspecified atom stereocenters. The fourth-order valence-corrected chi connectivity index (χ4v) is 2.94. The predicted octanol–water partition coefficient (Wildman–Crippen LogP) is 1.49. The molecule has 1 N–H and O–H groups in total. The van der Waals surface area contributed by atoms with Crippen molar-refractivity contribution in [2.75, 3.05) is 40.8 Å². The summed E-state index contributed by atoms with van der Waals surface area (Å²) in [6.45, 7) is 8.75. The highest BCUT2D eigenvalue weighted by molar-refractivity contribution is 5.92. The van der Waals surface area contributed by atoms with E-state index in [2.05, 4.69) is 35.7 Å². The molecule has 1 aliphatic heterocycles. The lowest BCUT2D eigenvalue weighted by molar-refractivity contribution is 0.0562. The van der Waals surface area contributed by atoms with E-state index in [4.69, 9.17) is 0 Å². The van der Waals surface area contributed by atoms with Crippen LogP contribution in [0.3, 0.4) is 0 Å². The molecular formula is C16H28N4O. The van der Waals surface area contributed by atoms with Gasteiger partial charge in [-0.1, -0.05) is 13.8 Å². The number of rotatable bonds is 4. The van der Waals surface area contributed by atoms with Crippen molar-refractivity contribution in [1.82, 2.24) is 19.7 Å². The van der Waals surface area contributed by atoms with Gasteiger partial charge in [-0.05, 0) is 25.1 Å². The standard InChI is InChI=1S/C16H28N4O/c1-12(2)15-11-19(5)8-9-20(15)10-13-6-7-14(17-13)16(21)18(3)4/h6-7,12,15,17H,8-11H2,1-5H3/t15-/m1/s1. The summed E-state index contributed by atoms with van der Waals surface area (Å²) in [7, 11) is 5.74. The quantitative estimate of drug-likeness (QED) is 0.914. The average Bonchev–Trinajstić information content (AvgIpc) is 2.88. The lowest BCUT2D eigenvalue weighted by Crippen LogP contribution is -2.53. The summed E-state index contributed by atoms with van der Waals surface area (Å²) in [5.41, 5.74) is 1.79. The van der Waals surface area contributed by atoms with Crippen LogP contribution in [-0.2, 0) is 6.54 Å². The summed E-state index contributed by atoms with van der Waals surface area (Å²) in [5.74, 6) is 0.658. The monoisotopic (exact) mass is 292 g/mol. The molecule has 0 saturated carbocycles. The van der Waals surface area contributed by atoms with Crippen LogP contribution in [0.25, 0.3) is 0 Å². The molecule has 0 spiro atoms. The first-order valence-corrected chi connectivity index (χ1v) is 7.70. The lowest BCUT2D eigenvalue weighted by Gasteiger charge is -2.42. The zero-order valence-electron chi connectivity index (χ0n) is 13.9. The molecule has 1 aromatic rings. The zero-order valence-corrected chi connectivity index (χ0v) is 13.9. The van der Waals surface area contributed by atoms with E-state index in [1.54, 1.807) is 19.0 Å². The van der Waals surface area contributed by atoms with Crippen molar-refractivity contribution < 1.29 is 4.79 Å². The molecule has 118 valence electrons. The number of piperazine rings is 1. The smallest absolute Gasteiger partial charge is 0.269 e. The summed E-state index contributed by atoms with van der Waals surface area (Å²) in [5, 5.41) is 0. The summed E-state index contributed by atoms with van der Waals surface area (Å²) < 4.78 is 0. The van der Waals surface area contributed by atoms with Gasteiger partial charge in [0.1, 0.15) is 5.69 Å². The minimum Gasteiger partial charge on any atom is -0.353 e. The highest BCUT2D eigenvalue weighted by Crippen LogP contribution is 2.19. The van der Waals surface area contributed by atoms with Crippen LogP contribution in [0.1, 0.15) is 30.0 Å². The molecule has 5 nitrogen and oxygen atoms in total. The molecule has 21 heavy (non-hydrogen) atoms. The SMILES string of the molecule is CC(C)[C@H]1CN(C)CCN1Cc1ccc(C(=O)N(C)C)[nH]1. The van der Waals surface area contributed by atoms with E-state index >= 15 is 0 Å². The molecule has 0 aliphatic carbocycles. The van der Waals surface area contributed by atoms with Crippen LogP contribution < -0.4 is 0 Å². The van der Waals surface area contributed by atoms with E-state index < -0.39 is 0 Å². The Morgan fingerprint density at radius 1 is 1.38 bits per heavy atom. The normalized spacial score (nSPS) is 21.0. The number of aromatic amines is 1. The Bertz CT molecular complexity index is 480. The van der Waals surface area contributed by atoms with Crippen LogP contribution >= 0.6 is 0 Å². The van der Waals surface area contributed by atoms with E-state index in [0.717, 1.165) is 31.9 Å². The van der Waals surface area contributed by atoms with Gasteiger partial charge in [-0.25, -0.2) is 0 Å². The molecule has 0 radical (unpaired) electrons. The van der Waals surface area contributed by atoms with Gasteiger partial charge in [0, 0.05) is 52.0 Å². The number of hydrogen-bond donors (Lipinski definition) is 1. The first kappa shape index (κ1) is 16.0. The van der Waals surface area contributed by atoms with Crippen LogP contribution in [0.5, 0.6) is 0 Å². The third-order valence-corrected chi connectivity index (χ3v) is 4.26. The number of amides is 1. The van der Waals surface area contributed by atoms with Gasteiger partial charge in [-0.3, -0.25) is 9.69 Å². The molecule has 0 aromatic carbocycles. The summed E-state index contributed by atoms with van der Waals surface area (Å²) in [4.78, 5) is 21.7. The number of nitrogens with zero attached hydrogens (tertiary/aromatic N) is 3. The van der Waals surface area contributed by atoms with Crippen LogP contribution in [0.4, 0.5) is 0 Å². The molecular weight excluding hydrogens is 264 g/mol. The first-order valence-electron chi connectivity index (χ1n) is 7.70. The number of hydrogen-bond acceptors (Lipinski definition) is 3. The van der Waals surface area contributed by atoms with E-state index in [0.29, 0.717) is 17.7 Å². The fourth-order valence-electron chi connectivity index (χ4n) is 2.94. The van der Waals surface area contributed by atoms with Gasteiger partial charge >= 0.3 is 0 Å². The van der Waals surface area contributed by atoms with Crippen molar-refractivity contribution >= 4 is 5.91 Å². The van der Waals surface area contributed by atoms with Crippen LogP contribution in [0.2, 0.25) is 0 Å². The largest absolute Gasteiger partial charge is 0.353 e. The second kappa shape index (κ2) is 6.62. The van der Waals surface area contributed by atoms with Gasteiger partial charge in [-0.15, -0.1) is 0 Å². The van der Waals surface area contributed by atoms with Crippen LogP contribution in [-0.4, -0.2) is 72.4 Å². The zero-order chi connectivity index (χ0) is 15.6. The van der Waals surface area contributed by atoms with Crippen molar-refractivity contribution in [1.29, 1.82) is 0 Å². The maximum Gasteiger partial charge on any atom is 0.269 e. The summed E-state index contributed by atoms with van der Waals surface area (Å²) in [6, 6.07) is 4.49. The molecule has 1 amide bonds. The third-order valence-electron chi connectivity index (χ3n) is 4.26. The molecule has 2 rings (SSSR count). The first-order chi connectivity index (χ1) is 9.88. The maximum absolute atomic E-state index is 11.9. The van der Waals surface area contributed by atoms with Gasteiger partial charge in [0.2, 0.25) is 0 Å². The van der Waals surface area contributed by atoms with E-state index in [1.807, 2.05) is 12.1 Å². The molecule has 5 heteroatoms. The minimum atomic E-state index is 0.0278. The lowest BCUT2D eigenvalue weighted by atomic mass is 9.99. The third kappa shape index (κ3) is 3.86. The highest BCUT2D eigenvalue weighted by Gasteiger charge is 2.27. The number of carbonyl (C=O) groups is 1. The fraction of sp³-hybridized carbons (Fsp3) is 0.688. The molecule has 1 aromatic heterocycles. The van der Waals surface area contributed by atoms with Crippen LogP contribution in [0, 0.1) is 5.92 Å². The average molecular weight is 292 g/mol. The number of likely N-dealkylation sites (N-methyl/N-ethyl adjacent to an activating group) is 1. The Morgan fingerprint density at radius 3 is 2.71 bits per heavy atom. The Labute approximate surface area is 127 Å². The number of H-pyrrole nitrogens is 1. The Kier molecular flexibility index (Phi) is 5.06. The van der Waals surface area contributed by atoms with Gasteiger partial charge in [-0.2, -0.15) is 0 Å². The molecule has 0 bridgehead atoms. The summed E-state index contributed by atoms with van der Waals surface area (Å²) in [6.07, 6.45) is 0. The minimum absolute atomic E-state index is 0.0278. The van der Waals surface area contributed by atoms with Crippen molar-refractivity contribution in [3.63, 3.8) is 0 Å². The maximum atomic E-state index is 11.9. The van der Waals surface area contributed by atoms with E-state index in [9.17, 15) is 4.79 Å². The topological polar surface area (TPSA) is 42.6 Å². The molecule has 1 aliphatic rings. The van der Waals surface area contributed by atoms with Crippen molar-refractivity contribution in [2.24, 2.45) is 5.92 Å². The highest BCUT2D eigenvalue weighted by atomic mass is 16.2. The summed E-state index contributed by atoms with van der Waals surface area (Å²) >= 11 is 0. The van der Waals surface area contributed by atoms with E-state index in [-0.39, 0.29) is 5.91 Å². The van der Waals surface area contributed by atoms with Crippen molar-refractivity contribution in [3.05, 3.63) is 23.5 Å². The van der Waals surface area contributed by atoms with Gasteiger partial charge in [0.25, 0.3) is 5.91 Å². The predicted molar refractivity (Wildman–Crippen MR) is 85.3 cm³/mol. The Hall–Kier alpha value is -1.33. The van der Waals surface area contributed by atoms with Gasteiger partial charge < -0.3 is 14.8 Å². The number of carbonyl (C=O) groups excluding carboxylic acids is 1. The van der Waals surface area contributed by atoms with Gasteiger partial charge in [0.05, 0.1) is 0 Å². The van der Waals surface area contributed by atoms with Gasteiger partial charge in [0.15, 0.2) is 0 Å². The van der Waals surface area contributed by atoms with Crippen molar-refractivity contribution in [3.8, 4) is 0 Å². The van der Waals surface area contributed by atoms with E-state index in [1.165, 1.54) is 0 Å². The Balaban J connectivity index is 2.05. The number of nitrogens with one attached hydrogen (secondary N) is 1. The molecule has 1 saturated heterocycles. The Morgan fingerprint density at radius 2 is 2.10 bits per heavy atom. The number of aromatic nitrogens is 1.